The summed E-state index contributed by atoms with van der Waals surface area (Å²) in [4.78, 5) is 19.6. The van der Waals surface area contributed by atoms with Crippen molar-refractivity contribution in [3.05, 3.63) is 164 Å². The van der Waals surface area contributed by atoms with Crippen molar-refractivity contribution in [2.75, 3.05) is 0 Å². The van der Waals surface area contributed by atoms with Crippen LogP contribution in [0.25, 0.3) is 94.1 Å². The number of pyridine rings is 1. The van der Waals surface area contributed by atoms with Gasteiger partial charge in [-0.1, -0.05) is 127 Å². The van der Waals surface area contributed by atoms with Crippen LogP contribution in [-0.4, -0.2) is 24.5 Å². The highest BCUT2D eigenvalue weighted by Gasteiger charge is 2.18. The van der Waals surface area contributed by atoms with Gasteiger partial charge in [0.1, 0.15) is 5.69 Å². The van der Waals surface area contributed by atoms with Crippen LogP contribution in [0.1, 0.15) is 0 Å². The van der Waals surface area contributed by atoms with E-state index in [2.05, 4.69) is 95.6 Å². The van der Waals surface area contributed by atoms with Crippen molar-refractivity contribution in [2.45, 2.75) is 0 Å². The second-order valence-corrected chi connectivity index (χ2v) is 12.3. The summed E-state index contributed by atoms with van der Waals surface area (Å²) in [6.07, 6.45) is 1.93. The molecule has 0 spiro atoms. The lowest BCUT2D eigenvalue weighted by Crippen LogP contribution is -2.02. The Hall–Kier alpha value is -6.72. The van der Waals surface area contributed by atoms with Crippen LogP contribution in [-0.2, 0) is 0 Å². The normalized spacial score (nSPS) is 11.7. The van der Waals surface area contributed by atoms with Crippen molar-refractivity contribution < 1.29 is 0 Å². The Labute approximate surface area is 281 Å². The molecule has 0 radical (unpaired) electrons. The Morgan fingerprint density at radius 3 is 1.41 bits per heavy atom. The molecule has 228 valence electrons. The first kappa shape index (κ1) is 27.4. The molecular weight excluding hydrogens is 599 g/mol. The zero-order valence-corrected chi connectivity index (χ0v) is 26.3. The Kier molecular flexibility index (Phi) is 6.11. The smallest absolute Gasteiger partial charge is 0.182 e. The van der Waals surface area contributed by atoms with Crippen LogP contribution in [0.15, 0.2) is 164 Å². The highest BCUT2D eigenvalue weighted by Crippen LogP contribution is 2.40. The molecule has 0 aliphatic rings. The fourth-order valence-electron chi connectivity index (χ4n) is 7.22. The summed E-state index contributed by atoms with van der Waals surface area (Å²) >= 11 is 0. The minimum absolute atomic E-state index is 0.533. The van der Waals surface area contributed by atoms with Gasteiger partial charge in [0.25, 0.3) is 0 Å². The first-order valence-electron chi connectivity index (χ1n) is 16.4. The maximum Gasteiger partial charge on any atom is 0.182 e. The summed E-state index contributed by atoms with van der Waals surface area (Å²) in [6.45, 7) is 0. The average Bonchev–Trinajstić information content (AvgIpc) is 3.51. The molecule has 3 heterocycles. The van der Waals surface area contributed by atoms with E-state index in [-0.39, 0.29) is 0 Å². The average molecular weight is 626 g/mol. The predicted octanol–water partition coefficient (Wildman–Crippen LogP) is 10.8. The van der Waals surface area contributed by atoms with Crippen LogP contribution in [0.4, 0.5) is 0 Å². The summed E-state index contributed by atoms with van der Waals surface area (Å²) in [7, 11) is 0. The van der Waals surface area contributed by atoms with Crippen molar-refractivity contribution in [1.29, 1.82) is 0 Å². The molecule has 49 heavy (non-hydrogen) atoms. The van der Waals surface area contributed by atoms with E-state index in [4.69, 9.17) is 19.9 Å². The number of hydrogen-bond donors (Lipinski definition) is 0. The Morgan fingerprint density at radius 1 is 0.347 bits per heavy atom. The predicted molar refractivity (Wildman–Crippen MR) is 201 cm³/mol. The maximum absolute atomic E-state index is 4.97. The number of nitrogens with zero attached hydrogens (tertiary/aromatic N) is 5. The lowest BCUT2D eigenvalue weighted by Gasteiger charge is -2.12. The third kappa shape index (κ3) is 4.40. The van der Waals surface area contributed by atoms with Gasteiger partial charge in [0.15, 0.2) is 17.5 Å². The number of hydrogen-bond acceptors (Lipinski definition) is 4. The van der Waals surface area contributed by atoms with Gasteiger partial charge in [0, 0.05) is 21.9 Å². The van der Waals surface area contributed by atoms with Gasteiger partial charge >= 0.3 is 0 Å². The molecule has 5 nitrogen and oxygen atoms in total. The molecular formula is C44H27N5. The minimum Gasteiger partial charge on any atom is -0.308 e. The van der Waals surface area contributed by atoms with E-state index in [1.807, 2.05) is 72.9 Å². The van der Waals surface area contributed by atoms with Gasteiger partial charge in [-0.3, -0.25) is 4.98 Å². The van der Waals surface area contributed by atoms with Gasteiger partial charge in [-0.25, -0.2) is 15.0 Å². The van der Waals surface area contributed by atoms with Gasteiger partial charge in [-0.2, -0.15) is 0 Å². The molecule has 0 bridgehead atoms. The van der Waals surface area contributed by atoms with Gasteiger partial charge < -0.3 is 4.57 Å². The zero-order valence-electron chi connectivity index (χ0n) is 26.3. The van der Waals surface area contributed by atoms with Gasteiger partial charge in [0.2, 0.25) is 0 Å². The van der Waals surface area contributed by atoms with E-state index in [9.17, 15) is 0 Å². The molecule has 0 fully saturated rings. The van der Waals surface area contributed by atoms with Gasteiger partial charge in [-0.15, -0.1) is 0 Å². The zero-order chi connectivity index (χ0) is 32.3. The van der Waals surface area contributed by atoms with E-state index in [1.165, 1.54) is 43.1 Å². The largest absolute Gasteiger partial charge is 0.308 e. The third-order valence-electron chi connectivity index (χ3n) is 9.47. The molecule has 0 amide bonds. The maximum atomic E-state index is 4.97. The first-order chi connectivity index (χ1) is 24.3. The summed E-state index contributed by atoms with van der Waals surface area (Å²) in [5.41, 5.74) is 5.79. The molecule has 5 heteroatoms. The van der Waals surface area contributed by atoms with Crippen LogP contribution in [0, 0.1) is 0 Å². The van der Waals surface area contributed by atoms with Crippen molar-refractivity contribution in [3.63, 3.8) is 0 Å². The van der Waals surface area contributed by atoms with E-state index < -0.39 is 0 Å². The summed E-state index contributed by atoms with van der Waals surface area (Å²) in [6, 6.07) is 55.0. The molecule has 0 N–H and O–H groups in total. The minimum atomic E-state index is 0.533. The Bertz CT molecular complexity index is 2800. The molecule has 0 aliphatic heterocycles. The van der Waals surface area contributed by atoms with Crippen molar-refractivity contribution in [1.82, 2.24) is 24.5 Å². The van der Waals surface area contributed by atoms with Crippen LogP contribution in [0.3, 0.4) is 0 Å². The lowest BCUT2D eigenvalue weighted by atomic mass is 9.93. The molecule has 10 aromatic rings. The van der Waals surface area contributed by atoms with Crippen molar-refractivity contribution in [3.8, 4) is 40.0 Å². The number of aromatic nitrogens is 5. The van der Waals surface area contributed by atoms with Crippen LogP contribution in [0.5, 0.6) is 0 Å². The van der Waals surface area contributed by atoms with E-state index in [1.54, 1.807) is 0 Å². The van der Waals surface area contributed by atoms with Crippen LogP contribution in [0.2, 0.25) is 0 Å². The Morgan fingerprint density at radius 2 is 0.837 bits per heavy atom. The molecule has 0 atom stereocenters. The van der Waals surface area contributed by atoms with Gasteiger partial charge in [0.05, 0.1) is 22.9 Å². The van der Waals surface area contributed by atoms with Gasteiger partial charge in [-0.05, 0) is 62.6 Å². The first-order valence-corrected chi connectivity index (χ1v) is 16.4. The highest BCUT2D eigenvalue weighted by molar-refractivity contribution is 6.28. The standard InChI is InChI=1S/C44H27N5/c1-3-13-28(14-4-1)42-46-43(29-15-5-2-6-16-29)48-44(47-42)39-24-23-30(27-45-39)49-40-22-12-11-21-35(40)38-25-36-33-19-9-7-17-31(33)32-18-8-10-20-34(32)37(36)26-41(38)49/h1-27H. The summed E-state index contributed by atoms with van der Waals surface area (Å²) in [5.74, 6) is 1.76. The number of fused-ring (bicyclic) bond motifs is 9. The second-order valence-electron chi connectivity index (χ2n) is 12.3. The van der Waals surface area contributed by atoms with E-state index in [0.29, 0.717) is 23.2 Å². The molecule has 0 unspecified atom stereocenters. The second kappa shape index (κ2) is 10.9. The quantitative estimate of drug-likeness (QED) is 0.183. The van der Waals surface area contributed by atoms with Crippen molar-refractivity contribution in [2.24, 2.45) is 0 Å². The molecule has 0 saturated carbocycles. The van der Waals surface area contributed by atoms with E-state index >= 15 is 0 Å². The molecule has 0 aliphatic carbocycles. The lowest BCUT2D eigenvalue weighted by molar-refractivity contribution is 1.05. The third-order valence-corrected chi connectivity index (χ3v) is 9.47. The SMILES string of the molecule is c1ccc(-c2nc(-c3ccccc3)nc(-c3ccc(-n4c5ccccc5c5cc6c7ccccc7c7ccccc7c6cc54)cn3)n2)cc1. The fourth-order valence-corrected chi connectivity index (χ4v) is 7.22. The number of para-hydroxylation sites is 1. The molecule has 7 aromatic carbocycles. The number of benzene rings is 7. The molecule has 0 saturated heterocycles. The van der Waals surface area contributed by atoms with Crippen molar-refractivity contribution >= 4 is 54.1 Å². The molecule has 3 aromatic heterocycles. The van der Waals surface area contributed by atoms with E-state index in [0.717, 1.165) is 27.8 Å². The Balaban J connectivity index is 1.18. The van der Waals surface area contributed by atoms with Crippen LogP contribution < -0.4 is 0 Å². The summed E-state index contributed by atoms with van der Waals surface area (Å²) < 4.78 is 2.32. The molecule has 10 rings (SSSR count). The highest BCUT2D eigenvalue weighted by atomic mass is 15.1. The summed E-state index contributed by atoms with van der Waals surface area (Å²) in [5, 5.41) is 9.98. The topological polar surface area (TPSA) is 56.5 Å². The number of rotatable bonds is 4. The monoisotopic (exact) mass is 625 g/mol. The fraction of sp³-hybridized carbons (Fsp3) is 0. The van der Waals surface area contributed by atoms with Crippen LogP contribution >= 0.6 is 0 Å².